The monoisotopic (exact) mass is 885 g/mol. The normalized spacial score (nSPS) is 16.5. The lowest BCUT2D eigenvalue weighted by Crippen LogP contribution is -2.60. The number of hydrogen-bond donors (Lipinski definition) is 10. The largest absolute Gasteiger partial charge is 0.480 e. The molecule has 7 amide bonds. The number of nitrogens with zero attached hydrogens (tertiary/aromatic N) is 2. The average Bonchev–Trinajstić information content (AvgIpc) is 3.95. The maximum atomic E-state index is 14.1. The van der Waals surface area contributed by atoms with Crippen LogP contribution >= 0.6 is 11.8 Å². The number of H-pyrrole nitrogens is 1. The number of carbonyl (C=O) groups excluding carboxylic acids is 7. The summed E-state index contributed by atoms with van der Waals surface area (Å²) >= 11 is 1.42. The first-order valence-corrected chi connectivity index (χ1v) is 22.2. The van der Waals surface area contributed by atoms with Gasteiger partial charge in [-0.15, -0.1) is 0 Å². The second-order valence-corrected chi connectivity index (χ2v) is 16.6. The van der Waals surface area contributed by atoms with Gasteiger partial charge in [0, 0.05) is 37.7 Å². The van der Waals surface area contributed by atoms with Crippen LogP contribution in [0.5, 0.6) is 0 Å². The van der Waals surface area contributed by atoms with Gasteiger partial charge in [0.15, 0.2) is 0 Å². The van der Waals surface area contributed by atoms with Crippen molar-refractivity contribution < 1.29 is 43.5 Å². The number of nitrogens with one attached hydrogen (secondary N) is 6. The predicted molar refractivity (Wildman–Crippen MR) is 232 cm³/mol. The first-order chi connectivity index (χ1) is 29.6. The quantitative estimate of drug-likeness (QED) is 0.0474. The van der Waals surface area contributed by atoms with Crippen molar-refractivity contribution in [1.82, 2.24) is 41.5 Å². The van der Waals surface area contributed by atoms with Gasteiger partial charge in [0.25, 0.3) is 0 Å². The summed E-state index contributed by atoms with van der Waals surface area (Å²) in [6.45, 7) is 4.11. The van der Waals surface area contributed by atoms with Crippen molar-refractivity contribution in [2.75, 3.05) is 25.1 Å². The zero-order valence-electron chi connectivity index (χ0n) is 35.6. The molecule has 2 heterocycles. The van der Waals surface area contributed by atoms with E-state index in [9.17, 15) is 43.5 Å². The Labute approximate surface area is 365 Å². The summed E-state index contributed by atoms with van der Waals surface area (Å²) in [5, 5.41) is 23.0. The number of primary amides is 1. The molecular weight excluding hydrogens is 823 g/mol. The number of unbranched alkanes of at least 4 members (excludes halogenated alkanes) is 1. The number of rotatable bonds is 27. The highest BCUT2D eigenvalue weighted by atomic mass is 32.2. The molecule has 3 rings (SSSR count). The summed E-state index contributed by atoms with van der Waals surface area (Å²) in [4.78, 5) is 115. The Morgan fingerprint density at radius 3 is 2.10 bits per heavy atom. The maximum Gasteiger partial charge on any atom is 0.326 e. The second kappa shape index (κ2) is 26.1. The number of amides is 7. The van der Waals surface area contributed by atoms with Gasteiger partial charge in [0.1, 0.15) is 36.3 Å². The number of carboxylic acid groups (broad SMARTS) is 1. The van der Waals surface area contributed by atoms with E-state index >= 15 is 0 Å². The van der Waals surface area contributed by atoms with E-state index in [1.54, 1.807) is 44.2 Å². The Kier molecular flexibility index (Phi) is 21.4. The molecule has 1 aromatic carbocycles. The lowest BCUT2D eigenvalue weighted by Gasteiger charge is -2.29. The molecule has 342 valence electrons. The van der Waals surface area contributed by atoms with Crippen molar-refractivity contribution in [2.24, 2.45) is 23.1 Å². The Balaban J connectivity index is 1.82. The molecule has 1 saturated heterocycles. The van der Waals surface area contributed by atoms with Gasteiger partial charge >= 0.3 is 5.97 Å². The summed E-state index contributed by atoms with van der Waals surface area (Å²) in [6, 6.07) is 0.561. The van der Waals surface area contributed by atoms with Crippen molar-refractivity contribution >= 4 is 59.1 Å². The minimum absolute atomic E-state index is 0.0569. The van der Waals surface area contributed by atoms with Gasteiger partial charge in [-0.25, -0.2) is 9.78 Å². The van der Waals surface area contributed by atoms with Crippen LogP contribution in [-0.2, 0) is 51.2 Å². The number of aromatic amines is 1. The molecule has 1 fully saturated rings. The lowest BCUT2D eigenvalue weighted by atomic mass is 9.99. The molecule has 2 aromatic rings. The van der Waals surface area contributed by atoms with Crippen LogP contribution in [0.3, 0.4) is 0 Å². The molecule has 1 aliphatic rings. The molecule has 20 nitrogen and oxygen atoms in total. The molecule has 62 heavy (non-hydrogen) atoms. The number of likely N-dealkylation sites (tertiary alicyclic amines) is 1. The minimum atomic E-state index is -1.41. The van der Waals surface area contributed by atoms with Gasteiger partial charge in [-0.05, 0) is 68.6 Å². The molecule has 13 N–H and O–H groups in total. The van der Waals surface area contributed by atoms with Crippen LogP contribution in [-0.4, -0.2) is 135 Å². The first kappa shape index (κ1) is 50.8. The Morgan fingerprint density at radius 2 is 1.50 bits per heavy atom. The fraction of sp³-hybridized carbons (Fsp3) is 0.585. The number of carboxylic acids is 1. The molecule has 7 atom stereocenters. The van der Waals surface area contributed by atoms with E-state index in [1.165, 1.54) is 29.2 Å². The fourth-order valence-electron chi connectivity index (χ4n) is 6.95. The van der Waals surface area contributed by atoms with E-state index in [0.717, 1.165) is 0 Å². The van der Waals surface area contributed by atoms with Gasteiger partial charge in [-0.1, -0.05) is 50.6 Å². The molecule has 0 spiro atoms. The number of aromatic nitrogens is 2. The number of thioether (sulfide) groups is 1. The summed E-state index contributed by atoms with van der Waals surface area (Å²) < 4.78 is 0. The summed E-state index contributed by atoms with van der Waals surface area (Å²) in [7, 11) is 0. The topological polar surface area (TPSA) is 327 Å². The summed E-state index contributed by atoms with van der Waals surface area (Å²) in [6.07, 6.45) is 6.75. The number of imidazole rings is 1. The van der Waals surface area contributed by atoms with Crippen LogP contribution in [0.2, 0.25) is 0 Å². The molecule has 1 aliphatic heterocycles. The Bertz CT molecular complexity index is 1800. The van der Waals surface area contributed by atoms with Gasteiger partial charge in [0.05, 0.1) is 12.4 Å². The van der Waals surface area contributed by atoms with Crippen molar-refractivity contribution in [3.63, 3.8) is 0 Å². The zero-order valence-corrected chi connectivity index (χ0v) is 36.4. The maximum absolute atomic E-state index is 14.1. The third kappa shape index (κ3) is 16.4. The SMILES string of the molecule is CSCC[C@H](NC(=O)[C@@H]1CCCN1C(=O)[C@@H](N)CCCCN)C(=O)N[C@@H](CCC(N)=O)C(=O)N[C@@H](Cc1ccccc1)C(=O)N[C@H](C(=O)N[C@@H](Cc1cnc[nH]1)C(=O)O)C(C)C. The molecule has 0 saturated carbocycles. The first-order valence-electron chi connectivity index (χ1n) is 20.8. The molecule has 1 aromatic heterocycles. The number of aliphatic carboxylic acids is 1. The van der Waals surface area contributed by atoms with Gasteiger partial charge in [-0.2, -0.15) is 11.8 Å². The number of hydrogen-bond acceptors (Lipinski definition) is 12. The van der Waals surface area contributed by atoms with E-state index in [-0.39, 0.29) is 38.0 Å². The Hall–Kier alpha value is -5.54. The van der Waals surface area contributed by atoms with E-state index in [0.29, 0.717) is 62.2 Å². The van der Waals surface area contributed by atoms with Gasteiger partial charge < -0.3 is 58.8 Å². The number of benzene rings is 1. The van der Waals surface area contributed by atoms with Crippen LogP contribution in [0, 0.1) is 5.92 Å². The van der Waals surface area contributed by atoms with Crippen LogP contribution in [0.15, 0.2) is 42.9 Å². The van der Waals surface area contributed by atoms with Crippen molar-refractivity contribution in [2.45, 2.75) is 120 Å². The van der Waals surface area contributed by atoms with Gasteiger partial charge in [0.2, 0.25) is 41.4 Å². The third-order valence-corrected chi connectivity index (χ3v) is 11.1. The van der Waals surface area contributed by atoms with Gasteiger partial charge in [-0.3, -0.25) is 33.6 Å². The summed E-state index contributed by atoms with van der Waals surface area (Å²) in [5.74, 6) is -6.21. The van der Waals surface area contributed by atoms with Crippen LogP contribution in [0.1, 0.15) is 76.5 Å². The Morgan fingerprint density at radius 1 is 0.855 bits per heavy atom. The predicted octanol–water partition coefficient (Wildman–Crippen LogP) is -1.17. The van der Waals surface area contributed by atoms with Crippen LogP contribution < -0.4 is 43.8 Å². The fourth-order valence-corrected chi connectivity index (χ4v) is 7.42. The number of carbonyl (C=O) groups is 8. The lowest BCUT2D eigenvalue weighted by molar-refractivity contribution is -0.142. The molecule has 0 aliphatic carbocycles. The second-order valence-electron chi connectivity index (χ2n) is 15.7. The van der Waals surface area contributed by atoms with E-state index in [2.05, 4.69) is 36.6 Å². The average molecular weight is 886 g/mol. The van der Waals surface area contributed by atoms with E-state index in [1.807, 2.05) is 6.26 Å². The van der Waals surface area contributed by atoms with E-state index in [4.69, 9.17) is 17.2 Å². The van der Waals surface area contributed by atoms with E-state index < -0.39 is 89.6 Å². The number of nitrogens with two attached hydrogens (primary N) is 3. The molecule has 0 bridgehead atoms. The highest BCUT2D eigenvalue weighted by Crippen LogP contribution is 2.20. The summed E-state index contributed by atoms with van der Waals surface area (Å²) in [5.41, 5.74) is 18.3. The standard InChI is InChI=1S/C41H63N11O9S/c1-24(2)34(39(58)50-31(41(60)61)21-26-22-45-23-46-26)51-37(56)30(20-25-10-5-4-6-11-25)49-35(54)28(14-15-33(44)53)47-36(55)29(16-19-62-3)48-38(57)32-13-9-18-52(32)40(59)27(43)12-7-8-17-42/h4-6,10-11,22-24,27-32,34H,7-9,12-21,42-43H2,1-3H3,(H2,44,53)(H,45,46)(H,47,55)(H,48,57)(H,49,54)(H,50,58)(H,51,56)(H,60,61)/t27-,28-,29-,30-,31-,32-,34-/m0/s1. The van der Waals surface area contributed by atoms with Crippen molar-refractivity contribution in [3.05, 3.63) is 54.1 Å². The van der Waals surface area contributed by atoms with Crippen LogP contribution in [0.25, 0.3) is 0 Å². The third-order valence-electron chi connectivity index (χ3n) is 10.4. The highest BCUT2D eigenvalue weighted by molar-refractivity contribution is 7.98. The zero-order chi connectivity index (χ0) is 45.8. The smallest absolute Gasteiger partial charge is 0.326 e. The molecular formula is C41H63N11O9S. The molecule has 0 radical (unpaired) electrons. The minimum Gasteiger partial charge on any atom is -0.480 e. The van der Waals surface area contributed by atoms with Crippen molar-refractivity contribution in [1.29, 1.82) is 0 Å². The molecule has 0 unspecified atom stereocenters. The van der Waals surface area contributed by atoms with Crippen LogP contribution in [0.4, 0.5) is 0 Å². The molecule has 21 heteroatoms. The van der Waals surface area contributed by atoms with Crippen molar-refractivity contribution in [3.8, 4) is 0 Å². The highest BCUT2D eigenvalue weighted by Gasteiger charge is 2.38.